The lowest BCUT2D eigenvalue weighted by atomic mass is 10.1. The first-order valence-corrected chi connectivity index (χ1v) is 6.19. The number of halogens is 1. The van der Waals surface area contributed by atoms with Gasteiger partial charge in [-0.05, 0) is 24.3 Å². The van der Waals surface area contributed by atoms with Crippen LogP contribution in [0.15, 0.2) is 30.5 Å². The smallest absolute Gasteiger partial charge is 0.255 e. The van der Waals surface area contributed by atoms with Crippen LogP contribution in [0.25, 0.3) is 0 Å². The van der Waals surface area contributed by atoms with Gasteiger partial charge >= 0.3 is 0 Å². The first-order chi connectivity index (χ1) is 9.08. The van der Waals surface area contributed by atoms with Gasteiger partial charge < -0.3 is 10.2 Å². The van der Waals surface area contributed by atoms with E-state index < -0.39 is 0 Å². The van der Waals surface area contributed by atoms with Gasteiger partial charge in [-0.2, -0.15) is 5.10 Å². The van der Waals surface area contributed by atoms with Crippen molar-refractivity contribution in [2.75, 3.05) is 19.4 Å². The summed E-state index contributed by atoms with van der Waals surface area (Å²) in [4.78, 5) is 13.6. The highest BCUT2D eigenvalue weighted by atomic mass is 35.5. The van der Waals surface area contributed by atoms with Gasteiger partial charge in [0.1, 0.15) is 0 Å². The SMILES string of the molecule is CN(C)C(=O)c1ccc(Cl)cc1NCc1ccn[nH]1. The molecule has 1 heterocycles. The van der Waals surface area contributed by atoms with Gasteiger partial charge in [0.25, 0.3) is 5.91 Å². The zero-order valence-electron chi connectivity index (χ0n) is 10.8. The van der Waals surface area contributed by atoms with Crippen LogP contribution in [0, 0.1) is 0 Å². The highest BCUT2D eigenvalue weighted by Crippen LogP contribution is 2.22. The minimum absolute atomic E-state index is 0.0659. The van der Waals surface area contributed by atoms with Crippen LogP contribution in [0.1, 0.15) is 16.1 Å². The zero-order chi connectivity index (χ0) is 13.8. The lowest BCUT2D eigenvalue weighted by Crippen LogP contribution is -2.23. The number of benzene rings is 1. The number of anilines is 1. The average Bonchev–Trinajstić information content (AvgIpc) is 2.88. The maximum atomic E-state index is 12.1. The van der Waals surface area contributed by atoms with Gasteiger partial charge in [0, 0.05) is 31.0 Å². The van der Waals surface area contributed by atoms with Crippen LogP contribution in [0.5, 0.6) is 0 Å². The van der Waals surface area contributed by atoms with Crippen LogP contribution in [0.2, 0.25) is 5.02 Å². The molecular weight excluding hydrogens is 264 g/mol. The molecule has 0 saturated heterocycles. The normalized spacial score (nSPS) is 10.3. The number of carbonyl (C=O) groups is 1. The maximum absolute atomic E-state index is 12.1. The molecule has 0 atom stereocenters. The van der Waals surface area contributed by atoms with Gasteiger partial charge in [0.2, 0.25) is 0 Å². The Bertz CT molecular complexity index is 566. The third-order valence-corrected chi connectivity index (χ3v) is 2.88. The standard InChI is InChI=1S/C13H15ClN4O/c1-18(2)13(19)11-4-3-9(14)7-12(11)15-8-10-5-6-16-17-10/h3-7,15H,8H2,1-2H3,(H,16,17). The van der Waals surface area contributed by atoms with E-state index in [1.165, 1.54) is 4.90 Å². The molecule has 0 unspecified atom stereocenters. The van der Waals surface area contributed by atoms with Crippen LogP contribution >= 0.6 is 11.6 Å². The minimum Gasteiger partial charge on any atom is -0.379 e. The van der Waals surface area contributed by atoms with Crippen molar-refractivity contribution in [2.45, 2.75) is 6.54 Å². The Morgan fingerprint density at radius 1 is 1.42 bits per heavy atom. The fourth-order valence-corrected chi connectivity index (χ4v) is 1.84. The van der Waals surface area contributed by atoms with Crippen LogP contribution in [-0.2, 0) is 6.54 Å². The van der Waals surface area contributed by atoms with Crippen molar-refractivity contribution in [1.82, 2.24) is 15.1 Å². The molecule has 0 fully saturated rings. The lowest BCUT2D eigenvalue weighted by Gasteiger charge is -2.15. The summed E-state index contributed by atoms with van der Waals surface area (Å²) < 4.78 is 0. The molecule has 0 bridgehead atoms. The van der Waals surface area contributed by atoms with Crippen LogP contribution < -0.4 is 5.32 Å². The van der Waals surface area contributed by atoms with Crippen molar-refractivity contribution in [3.05, 3.63) is 46.7 Å². The Labute approximate surface area is 116 Å². The van der Waals surface area contributed by atoms with E-state index in [4.69, 9.17) is 11.6 Å². The molecular formula is C13H15ClN4O. The molecule has 0 radical (unpaired) electrons. The molecule has 0 aliphatic carbocycles. The van der Waals surface area contributed by atoms with E-state index in [1.54, 1.807) is 38.5 Å². The molecule has 2 rings (SSSR count). The largest absolute Gasteiger partial charge is 0.379 e. The molecule has 1 aromatic heterocycles. The molecule has 2 aromatic rings. The summed E-state index contributed by atoms with van der Waals surface area (Å²) in [6.45, 7) is 0.550. The van der Waals surface area contributed by atoms with Crippen LogP contribution in [-0.4, -0.2) is 35.1 Å². The van der Waals surface area contributed by atoms with Crippen molar-refractivity contribution >= 4 is 23.2 Å². The number of rotatable bonds is 4. The van der Waals surface area contributed by atoms with Gasteiger partial charge in [-0.3, -0.25) is 9.89 Å². The Kier molecular flexibility index (Phi) is 4.06. The van der Waals surface area contributed by atoms with Crippen molar-refractivity contribution in [3.63, 3.8) is 0 Å². The molecule has 1 amide bonds. The van der Waals surface area contributed by atoms with Crippen molar-refractivity contribution < 1.29 is 4.79 Å². The minimum atomic E-state index is -0.0659. The third-order valence-electron chi connectivity index (χ3n) is 2.65. The summed E-state index contributed by atoms with van der Waals surface area (Å²) in [5.41, 5.74) is 2.23. The monoisotopic (exact) mass is 278 g/mol. The predicted molar refractivity (Wildman–Crippen MR) is 75.4 cm³/mol. The number of carbonyl (C=O) groups excluding carboxylic acids is 1. The number of nitrogens with one attached hydrogen (secondary N) is 2. The van der Waals surface area contributed by atoms with E-state index in [2.05, 4.69) is 15.5 Å². The van der Waals surface area contributed by atoms with Gasteiger partial charge in [0.05, 0.1) is 17.8 Å². The van der Waals surface area contributed by atoms with E-state index in [1.807, 2.05) is 6.07 Å². The van der Waals surface area contributed by atoms with Gasteiger partial charge in [0.15, 0.2) is 0 Å². The quantitative estimate of drug-likeness (QED) is 0.903. The van der Waals surface area contributed by atoms with E-state index >= 15 is 0 Å². The molecule has 19 heavy (non-hydrogen) atoms. The van der Waals surface area contributed by atoms with E-state index in [0.717, 1.165) is 5.69 Å². The Hall–Kier alpha value is -2.01. The fourth-order valence-electron chi connectivity index (χ4n) is 1.66. The highest BCUT2D eigenvalue weighted by molar-refractivity contribution is 6.31. The topological polar surface area (TPSA) is 61.0 Å². The Morgan fingerprint density at radius 2 is 2.21 bits per heavy atom. The van der Waals surface area contributed by atoms with Gasteiger partial charge in [-0.1, -0.05) is 11.6 Å². The first kappa shape index (κ1) is 13.4. The number of hydrogen-bond acceptors (Lipinski definition) is 3. The number of amides is 1. The van der Waals surface area contributed by atoms with Crippen molar-refractivity contribution in [3.8, 4) is 0 Å². The van der Waals surface area contributed by atoms with Crippen LogP contribution in [0.3, 0.4) is 0 Å². The molecule has 2 N–H and O–H groups in total. The van der Waals surface area contributed by atoms with E-state index in [9.17, 15) is 4.79 Å². The number of aromatic amines is 1. The summed E-state index contributed by atoms with van der Waals surface area (Å²) in [6, 6.07) is 7.04. The van der Waals surface area contributed by atoms with Crippen LogP contribution in [0.4, 0.5) is 5.69 Å². The fraction of sp³-hybridized carbons (Fsp3) is 0.231. The predicted octanol–water partition coefficient (Wildman–Crippen LogP) is 2.38. The highest BCUT2D eigenvalue weighted by Gasteiger charge is 2.13. The summed E-state index contributed by atoms with van der Waals surface area (Å²) in [5, 5.41) is 10.5. The Balaban J connectivity index is 2.22. The first-order valence-electron chi connectivity index (χ1n) is 5.81. The summed E-state index contributed by atoms with van der Waals surface area (Å²) in [6.07, 6.45) is 1.68. The second kappa shape index (κ2) is 5.75. The summed E-state index contributed by atoms with van der Waals surface area (Å²) in [7, 11) is 3.44. The summed E-state index contributed by atoms with van der Waals surface area (Å²) in [5.74, 6) is -0.0659. The number of H-pyrrole nitrogens is 1. The average molecular weight is 279 g/mol. The third kappa shape index (κ3) is 3.26. The van der Waals surface area contributed by atoms with E-state index in [-0.39, 0.29) is 5.91 Å². The van der Waals surface area contributed by atoms with Crippen molar-refractivity contribution in [2.24, 2.45) is 0 Å². The molecule has 0 spiro atoms. The molecule has 5 nitrogen and oxygen atoms in total. The second-order valence-corrected chi connectivity index (χ2v) is 4.76. The second-order valence-electron chi connectivity index (χ2n) is 4.32. The molecule has 0 aliphatic heterocycles. The number of hydrogen-bond donors (Lipinski definition) is 2. The lowest BCUT2D eigenvalue weighted by molar-refractivity contribution is 0.0828. The molecule has 6 heteroatoms. The molecule has 0 saturated carbocycles. The molecule has 100 valence electrons. The van der Waals surface area contributed by atoms with Crippen molar-refractivity contribution in [1.29, 1.82) is 0 Å². The molecule has 0 aliphatic rings. The van der Waals surface area contributed by atoms with E-state index in [0.29, 0.717) is 22.8 Å². The van der Waals surface area contributed by atoms with Gasteiger partial charge in [-0.25, -0.2) is 0 Å². The zero-order valence-corrected chi connectivity index (χ0v) is 11.5. The maximum Gasteiger partial charge on any atom is 0.255 e. The molecule has 1 aromatic carbocycles. The Morgan fingerprint density at radius 3 is 2.84 bits per heavy atom. The summed E-state index contributed by atoms with van der Waals surface area (Å²) >= 11 is 5.98. The number of nitrogens with zero attached hydrogens (tertiary/aromatic N) is 2. The number of aromatic nitrogens is 2. The van der Waals surface area contributed by atoms with Gasteiger partial charge in [-0.15, -0.1) is 0 Å².